The Morgan fingerprint density at radius 1 is 1.38 bits per heavy atom. The van der Waals surface area contributed by atoms with E-state index in [2.05, 4.69) is 25.7 Å². The highest BCUT2D eigenvalue weighted by Gasteiger charge is 2.22. The van der Waals surface area contributed by atoms with Gasteiger partial charge in [0.05, 0.1) is 5.84 Å². The molecule has 3 N–H and O–H groups in total. The lowest BCUT2D eigenvalue weighted by Crippen LogP contribution is -2.37. The standard InChI is InChI=1S/C13H29N3/c1-6-11(3)10-16(7-2)9-8-13(4,5)12(14)15/h11H,6-10H2,1-5H3,(H3,14,15). The number of hydrogen-bond donors (Lipinski definition) is 2. The topological polar surface area (TPSA) is 53.1 Å². The van der Waals surface area contributed by atoms with Crippen LogP contribution in [0.5, 0.6) is 0 Å². The fourth-order valence-corrected chi connectivity index (χ4v) is 1.52. The van der Waals surface area contributed by atoms with E-state index in [1.54, 1.807) is 0 Å². The van der Waals surface area contributed by atoms with E-state index in [9.17, 15) is 0 Å². The Morgan fingerprint density at radius 2 is 1.94 bits per heavy atom. The average Bonchev–Trinajstić information content (AvgIpc) is 2.23. The van der Waals surface area contributed by atoms with Gasteiger partial charge in [-0.15, -0.1) is 0 Å². The molecular weight excluding hydrogens is 198 g/mol. The molecular formula is C13H29N3. The van der Waals surface area contributed by atoms with Gasteiger partial charge in [0.25, 0.3) is 0 Å². The van der Waals surface area contributed by atoms with Crippen LogP contribution in [0.2, 0.25) is 0 Å². The van der Waals surface area contributed by atoms with Gasteiger partial charge in [-0.1, -0.05) is 41.0 Å². The zero-order valence-electron chi connectivity index (χ0n) is 11.6. The van der Waals surface area contributed by atoms with E-state index in [0.29, 0.717) is 5.84 Å². The summed E-state index contributed by atoms with van der Waals surface area (Å²) in [6.45, 7) is 14.1. The van der Waals surface area contributed by atoms with Crippen molar-refractivity contribution in [1.82, 2.24) is 4.90 Å². The van der Waals surface area contributed by atoms with E-state index in [4.69, 9.17) is 11.1 Å². The van der Waals surface area contributed by atoms with Crippen molar-refractivity contribution >= 4 is 5.84 Å². The molecule has 0 amide bonds. The number of rotatable bonds is 8. The number of amidine groups is 1. The molecule has 0 aromatic rings. The van der Waals surface area contributed by atoms with Gasteiger partial charge in [0.2, 0.25) is 0 Å². The molecule has 0 spiro atoms. The molecule has 1 atom stereocenters. The van der Waals surface area contributed by atoms with Crippen molar-refractivity contribution in [3.8, 4) is 0 Å². The van der Waals surface area contributed by atoms with Crippen molar-refractivity contribution in [2.45, 2.75) is 47.5 Å². The van der Waals surface area contributed by atoms with Crippen molar-refractivity contribution in [2.24, 2.45) is 17.1 Å². The van der Waals surface area contributed by atoms with Crippen LogP contribution >= 0.6 is 0 Å². The van der Waals surface area contributed by atoms with Gasteiger partial charge < -0.3 is 10.6 Å². The van der Waals surface area contributed by atoms with Gasteiger partial charge in [0, 0.05) is 12.0 Å². The summed E-state index contributed by atoms with van der Waals surface area (Å²) in [5.74, 6) is 1.05. The lowest BCUT2D eigenvalue weighted by Gasteiger charge is -2.29. The molecule has 0 bridgehead atoms. The van der Waals surface area contributed by atoms with E-state index >= 15 is 0 Å². The fourth-order valence-electron chi connectivity index (χ4n) is 1.52. The van der Waals surface area contributed by atoms with Crippen molar-refractivity contribution in [2.75, 3.05) is 19.6 Å². The quantitative estimate of drug-likeness (QED) is 0.495. The van der Waals surface area contributed by atoms with E-state index in [1.165, 1.54) is 6.42 Å². The first-order chi connectivity index (χ1) is 7.33. The molecule has 0 aliphatic heterocycles. The van der Waals surface area contributed by atoms with Crippen LogP contribution in [0.3, 0.4) is 0 Å². The zero-order chi connectivity index (χ0) is 12.8. The summed E-state index contributed by atoms with van der Waals surface area (Å²) in [5.41, 5.74) is 5.43. The maximum absolute atomic E-state index is 7.54. The van der Waals surface area contributed by atoms with Crippen molar-refractivity contribution < 1.29 is 0 Å². The summed E-state index contributed by atoms with van der Waals surface area (Å²) in [5, 5.41) is 7.54. The third kappa shape index (κ3) is 5.50. The summed E-state index contributed by atoms with van der Waals surface area (Å²) < 4.78 is 0. The van der Waals surface area contributed by atoms with Gasteiger partial charge in [-0.3, -0.25) is 5.41 Å². The number of nitrogens with zero attached hydrogens (tertiary/aromatic N) is 1. The second kappa shape index (κ2) is 6.89. The van der Waals surface area contributed by atoms with Gasteiger partial charge >= 0.3 is 0 Å². The Kier molecular flexibility index (Phi) is 6.65. The molecule has 0 heterocycles. The van der Waals surface area contributed by atoms with Crippen LogP contribution in [-0.4, -0.2) is 30.4 Å². The molecule has 0 radical (unpaired) electrons. The molecule has 0 saturated heterocycles. The Hall–Kier alpha value is -0.570. The predicted molar refractivity (Wildman–Crippen MR) is 71.9 cm³/mol. The van der Waals surface area contributed by atoms with Crippen LogP contribution in [0.25, 0.3) is 0 Å². The highest BCUT2D eigenvalue weighted by Crippen LogP contribution is 2.20. The smallest absolute Gasteiger partial charge is 0.0963 e. The molecule has 3 nitrogen and oxygen atoms in total. The van der Waals surface area contributed by atoms with Gasteiger partial charge in [0.1, 0.15) is 0 Å². The summed E-state index contributed by atoms with van der Waals surface area (Å²) >= 11 is 0. The second-order valence-electron chi connectivity index (χ2n) is 5.45. The first-order valence-corrected chi connectivity index (χ1v) is 6.40. The van der Waals surface area contributed by atoms with Crippen LogP contribution in [0, 0.1) is 16.7 Å². The Labute approximate surface area is 101 Å². The normalized spacial score (nSPS) is 14.1. The van der Waals surface area contributed by atoms with E-state index in [1.807, 2.05) is 13.8 Å². The third-order valence-electron chi connectivity index (χ3n) is 3.50. The molecule has 1 unspecified atom stereocenters. The SMILES string of the molecule is CCC(C)CN(CC)CCC(C)(C)C(=N)N. The van der Waals surface area contributed by atoms with E-state index < -0.39 is 0 Å². The van der Waals surface area contributed by atoms with Crippen LogP contribution < -0.4 is 5.73 Å². The monoisotopic (exact) mass is 227 g/mol. The molecule has 0 aromatic heterocycles. The molecule has 96 valence electrons. The van der Waals surface area contributed by atoms with Crippen LogP contribution in [0.4, 0.5) is 0 Å². The Morgan fingerprint density at radius 3 is 2.31 bits per heavy atom. The first kappa shape index (κ1) is 15.4. The van der Waals surface area contributed by atoms with Crippen LogP contribution in [0.15, 0.2) is 0 Å². The molecule has 16 heavy (non-hydrogen) atoms. The summed E-state index contributed by atoms with van der Waals surface area (Å²) in [6, 6.07) is 0. The van der Waals surface area contributed by atoms with Gasteiger partial charge in [-0.25, -0.2) is 0 Å². The number of hydrogen-bond acceptors (Lipinski definition) is 2. The van der Waals surface area contributed by atoms with Crippen LogP contribution in [-0.2, 0) is 0 Å². The molecule has 0 saturated carbocycles. The number of nitrogens with two attached hydrogens (primary N) is 1. The van der Waals surface area contributed by atoms with Crippen molar-refractivity contribution in [3.63, 3.8) is 0 Å². The Balaban J connectivity index is 4.09. The summed E-state index contributed by atoms with van der Waals surface area (Å²) in [4.78, 5) is 2.46. The molecule has 3 heteroatoms. The molecule has 0 aliphatic rings. The molecule has 0 rings (SSSR count). The largest absolute Gasteiger partial charge is 0.387 e. The van der Waals surface area contributed by atoms with Gasteiger partial charge in [-0.05, 0) is 25.4 Å². The second-order valence-corrected chi connectivity index (χ2v) is 5.45. The lowest BCUT2D eigenvalue weighted by atomic mass is 9.88. The van der Waals surface area contributed by atoms with Crippen molar-refractivity contribution in [1.29, 1.82) is 5.41 Å². The average molecular weight is 227 g/mol. The molecule has 0 fully saturated rings. The highest BCUT2D eigenvalue weighted by atomic mass is 15.1. The Bertz CT molecular complexity index is 211. The maximum Gasteiger partial charge on any atom is 0.0963 e. The minimum atomic E-state index is -0.164. The minimum Gasteiger partial charge on any atom is -0.387 e. The van der Waals surface area contributed by atoms with E-state index in [-0.39, 0.29) is 5.41 Å². The highest BCUT2D eigenvalue weighted by molar-refractivity contribution is 5.82. The number of nitrogens with one attached hydrogen (secondary N) is 1. The van der Waals surface area contributed by atoms with Crippen molar-refractivity contribution in [3.05, 3.63) is 0 Å². The predicted octanol–water partition coefficient (Wildman–Crippen LogP) is 2.71. The van der Waals surface area contributed by atoms with E-state index in [0.717, 1.165) is 32.0 Å². The summed E-state index contributed by atoms with van der Waals surface area (Å²) in [7, 11) is 0. The van der Waals surface area contributed by atoms with Gasteiger partial charge in [-0.2, -0.15) is 0 Å². The molecule has 0 aliphatic carbocycles. The molecule has 0 aromatic carbocycles. The summed E-state index contributed by atoms with van der Waals surface area (Å²) in [6.07, 6.45) is 2.19. The zero-order valence-corrected chi connectivity index (χ0v) is 11.6. The van der Waals surface area contributed by atoms with Crippen LogP contribution in [0.1, 0.15) is 47.5 Å². The maximum atomic E-state index is 7.54. The minimum absolute atomic E-state index is 0.164. The van der Waals surface area contributed by atoms with Gasteiger partial charge in [0.15, 0.2) is 0 Å². The first-order valence-electron chi connectivity index (χ1n) is 6.40. The fraction of sp³-hybridized carbons (Fsp3) is 0.923. The third-order valence-corrected chi connectivity index (χ3v) is 3.50. The lowest BCUT2D eigenvalue weighted by molar-refractivity contribution is 0.223.